The lowest BCUT2D eigenvalue weighted by Gasteiger charge is -2.08. The number of hydrogen-bond donors (Lipinski definition) is 1. The SMILES string of the molecule is CCn1nc(-c2ccc(OC)cc2OC)cc1C(=O)NCCc1ccccc1. The van der Waals surface area contributed by atoms with Crippen LogP contribution in [0, 0.1) is 0 Å². The molecule has 0 atom stereocenters. The van der Waals surface area contributed by atoms with Crippen molar-refractivity contribution in [3.8, 4) is 22.8 Å². The third-order valence-electron chi connectivity index (χ3n) is 4.54. The van der Waals surface area contributed by atoms with Crippen LogP contribution < -0.4 is 14.8 Å². The van der Waals surface area contributed by atoms with E-state index in [2.05, 4.69) is 22.5 Å². The summed E-state index contributed by atoms with van der Waals surface area (Å²) in [6, 6.07) is 17.4. The Balaban J connectivity index is 1.77. The molecule has 0 radical (unpaired) electrons. The summed E-state index contributed by atoms with van der Waals surface area (Å²) in [5.74, 6) is 1.22. The van der Waals surface area contributed by atoms with Gasteiger partial charge in [0.15, 0.2) is 0 Å². The first-order chi connectivity index (χ1) is 13.7. The smallest absolute Gasteiger partial charge is 0.269 e. The van der Waals surface area contributed by atoms with Crippen LogP contribution in [-0.4, -0.2) is 36.5 Å². The summed E-state index contributed by atoms with van der Waals surface area (Å²) in [6.07, 6.45) is 0.784. The van der Waals surface area contributed by atoms with Gasteiger partial charge in [0.1, 0.15) is 17.2 Å². The Morgan fingerprint density at radius 1 is 1.07 bits per heavy atom. The minimum Gasteiger partial charge on any atom is -0.497 e. The molecule has 1 amide bonds. The Bertz CT molecular complexity index is 935. The largest absolute Gasteiger partial charge is 0.497 e. The highest BCUT2D eigenvalue weighted by Crippen LogP contribution is 2.32. The van der Waals surface area contributed by atoms with Crippen LogP contribution >= 0.6 is 0 Å². The summed E-state index contributed by atoms with van der Waals surface area (Å²) in [4.78, 5) is 12.7. The minimum atomic E-state index is -0.135. The van der Waals surface area contributed by atoms with Crippen LogP contribution in [0.1, 0.15) is 23.0 Å². The molecule has 0 aliphatic heterocycles. The first-order valence-corrected chi connectivity index (χ1v) is 9.28. The van der Waals surface area contributed by atoms with Crippen molar-refractivity contribution >= 4 is 5.91 Å². The zero-order valence-electron chi connectivity index (χ0n) is 16.4. The predicted octanol–water partition coefficient (Wildman–Crippen LogP) is 3.56. The molecule has 0 saturated carbocycles. The summed E-state index contributed by atoms with van der Waals surface area (Å²) in [5, 5.41) is 7.57. The van der Waals surface area contributed by atoms with Gasteiger partial charge in [-0.3, -0.25) is 9.48 Å². The van der Waals surface area contributed by atoms with Crippen molar-refractivity contribution in [1.82, 2.24) is 15.1 Å². The van der Waals surface area contributed by atoms with Crippen molar-refractivity contribution in [2.45, 2.75) is 19.9 Å². The topological polar surface area (TPSA) is 65.4 Å². The number of ether oxygens (including phenoxy) is 2. The van der Waals surface area contributed by atoms with E-state index in [0.717, 1.165) is 12.0 Å². The normalized spacial score (nSPS) is 10.5. The van der Waals surface area contributed by atoms with Crippen LogP contribution in [0.4, 0.5) is 0 Å². The van der Waals surface area contributed by atoms with Crippen molar-refractivity contribution in [2.24, 2.45) is 0 Å². The van der Waals surface area contributed by atoms with E-state index in [-0.39, 0.29) is 5.91 Å². The summed E-state index contributed by atoms with van der Waals surface area (Å²) in [6.45, 7) is 3.13. The number of nitrogens with one attached hydrogen (secondary N) is 1. The maximum atomic E-state index is 12.7. The number of hydrogen-bond acceptors (Lipinski definition) is 4. The number of rotatable bonds is 8. The molecular formula is C22H25N3O3. The van der Waals surface area contributed by atoms with E-state index < -0.39 is 0 Å². The highest BCUT2D eigenvalue weighted by atomic mass is 16.5. The average Bonchev–Trinajstić information content (AvgIpc) is 3.18. The highest BCUT2D eigenvalue weighted by Gasteiger charge is 2.18. The van der Waals surface area contributed by atoms with Gasteiger partial charge in [-0.05, 0) is 37.1 Å². The molecule has 0 unspecified atom stereocenters. The fourth-order valence-corrected chi connectivity index (χ4v) is 3.04. The van der Waals surface area contributed by atoms with E-state index >= 15 is 0 Å². The van der Waals surface area contributed by atoms with Crippen molar-refractivity contribution in [2.75, 3.05) is 20.8 Å². The molecule has 3 aromatic rings. The number of benzene rings is 2. The zero-order chi connectivity index (χ0) is 19.9. The molecular weight excluding hydrogens is 354 g/mol. The fraction of sp³-hybridized carbons (Fsp3) is 0.273. The number of amides is 1. The van der Waals surface area contributed by atoms with Gasteiger partial charge in [0, 0.05) is 24.7 Å². The molecule has 0 aliphatic carbocycles. The molecule has 0 aliphatic rings. The molecule has 0 spiro atoms. The first kappa shape index (κ1) is 19.5. The van der Waals surface area contributed by atoms with E-state index in [4.69, 9.17) is 9.47 Å². The third kappa shape index (κ3) is 4.34. The molecule has 6 nitrogen and oxygen atoms in total. The molecule has 1 N–H and O–H groups in total. The van der Waals surface area contributed by atoms with Gasteiger partial charge in [0.25, 0.3) is 5.91 Å². The second-order valence-corrected chi connectivity index (χ2v) is 6.29. The van der Waals surface area contributed by atoms with E-state index in [1.807, 2.05) is 37.3 Å². The van der Waals surface area contributed by atoms with E-state index in [0.29, 0.717) is 36.0 Å². The van der Waals surface area contributed by atoms with Crippen LogP contribution in [0.25, 0.3) is 11.3 Å². The van der Waals surface area contributed by atoms with E-state index in [1.165, 1.54) is 5.56 Å². The standard InChI is InChI=1S/C22H25N3O3/c1-4-25-20(22(26)23-13-12-16-8-6-5-7-9-16)15-19(24-25)18-11-10-17(27-2)14-21(18)28-3/h5-11,14-15H,4,12-13H2,1-3H3,(H,23,26). The molecule has 2 aromatic carbocycles. The van der Waals surface area contributed by atoms with Crippen molar-refractivity contribution in [3.05, 3.63) is 65.9 Å². The summed E-state index contributed by atoms with van der Waals surface area (Å²) >= 11 is 0. The van der Waals surface area contributed by atoms with E-state index in [9.17, 15) is 4.79 Å². The summed E-state index contributed by atoms with van der Waals surface area (Å²) < 4.78 is 12.4. The fourth-order valence-electron chi connectivity index (χ4n) is 3.04. The Kier molecular flexibility index (Phi) is 6.32. The Morgan fingerprint density at radius 3 is 2.54 bits per heavy atom. The molecule has 0 fully saturated rings. The molecule has 1 heterocycles. The monoisotopic (exact) mass is 379 g/mol. The number of carbonyl (C=O) groups is 1. The second kappa shape index (κ2) is 9.08. The van der Waals surface area contributed by atoms with Crippen LogP contribution in [0.3, 0.4) is 0 Å². The highest BCUT2D eigenvalue weighted by molar-refractivity contribution is 5.94. The first-order valence-electron chi connectivity index (χ1n) is 9.28. The zero-order valence-corrected chi connectivity index (χ0v) is 16.4. The van der Waals surface area contributed by atoms with Gasteiger partial charge in [-0.1, -0.05) is 30.3 Å². The number of aryl methyl sites for hydroxylation is 1. The second-order valence-electron chi connectivity index (χ2n) is 6.29. The van der Waals surface area contributed by atoms with Crippen molar-refractivity contribution in [3.63, 3.8) is 0 Å². The summed E-state index contributed by atoms with van der Waals surface area (Å²) in [5.41, 5.74) is 3.22. The molecule has 0 bridgehead atoms. The van der Waals surface area contributed by atoms with Gasteiger partial charge >= 0.3 is 0 Å². The van der Waals surface area contributed by atoms with Gasteiger partial charge in [0.05, 0.1) is 19.9 Å². The quantitative estimate of drug-likeness (QED) is 0.650. The third-order valence-corrected chi connectivity index (χ3v) is 4.54. The Labute approximate surface area is 165 Å². The van der Waals surface area contributed by atoms with Gasteiger partial charge in [0.2, 0.25) is 0 Å². The van der Waals surface area contributed by atoms with E-state index in [1.54, 1.807) is 31.0 Å². The number of carbonyl (C=O) groups excluding carboxylic acids is 1. The number of nitrogens with zero attached hydrogens (tertiary/aromatic N) is 2. The van der Waals surface area contributed by atoms with Gasteiger partial charge in [-0.25, -0.2) is 0 Å². The number of methoxy groups -OCH3 is 2. The minimum absolute atomic E-state index is 0.135. The lowest BCUT2D eigenvalue weighted by atomic mass is 10.1. The van der Waals surface area contributed by atoms with Crippen LogP contribution in [0.5, 0.6) is 11.5 Å². The maximum absolute atomic E-state index is 12.7. The predicted molar refractivity (Wildman–Crippen MR) is 109 cm³/mol. The Hall–Kier alpha value is -3.28. The van der Waals surface area contributed by atoms with Crippen LogP contribution in [-0.2, 0) is 13.0 Å². The number of aromatic nitrogens is 2. The van der Waals surface area contributed by atoms with Crippen molar-refractivity contribution in [1.29, 1.82) is 0 Å². The lowest BCUT2D eigenvalue weighted by molar-refractivity contribution is 0.0943. The molecule has 0 saturated heterocycles. The molecule has 1 aromatic heterocycles. The maximum Gasteiger partial charge on any atom is 0.269 e. The summed E-state index contributed by atoms with van der Waals surface area (Å²) in [7, 11) is 3.21. The lowest BCUT2D eigenvalue weighted by Crippen LogP contribution is -2.28. The van der Waals surface area contributed by atoms with Crippen LogP contribution in [0.15, 0.2) is 54.6 Å². The molecule has 28 heavy (non-hydrogen) atoms. The molecule has 6 heteroatoms. The molecule has 3 rings (SSSR count). The average molecular weight is 379 g/mol. The van der Waals surface area contributed by atoms with Crippen LogP contribution in [0.2, 0.25) is 0 Å². The molecule has 146 valence electrons. The van der Waals surface area contributed by atoms with Crippen molar-refractivity contribution < 1.29 is 14.3 Å². The van der Waals surface area contributed by atoms with Gasteiger partial charge in [-0.15, -0.1) is 0 Å². The Morgan fingerprint density at radius 2 is 1.86 bits per heavy atom. The van der Waals surface area contributed by atoms with Gasteiger partial charge < -0.3 is 14.8 Å². The van der Waals surface area contributed by atoms with Gasteiger partial charge in [-0.2, -0.15) is 5.10 Å².